The van der Waals surface area contributed by atoms with Crippen LogP contribution in [0.2, 0.25) is 0 Å². The second-order valence-corrected chi connectivity index (χ2v) is 6.77. The molecule has 0 aromatic heterocycles. The van der Waals surface area contributed by atoms with Gasteiger partial charge in [-0.3, -0.25) is 9.59 Å². The summed E-state index contributed by atoms with van der Waals surface area (Å²) in [5.41, 5.74) is 0.803. The van der Waals surface area contributed by atoms with E-state index in [2.05, 4.69) is 0 Å². The molecule has 4 nitrogen and oxygen atoms in total. The molecule has 3 atom stereocenters. The maximum atomic E-state index is 12.6. The Bertz CT molecular complexity index is 732. The minimum Gasteiger partial charge on any atom is -0.377 e. The summed E-state index contributed by atoms with van der Waals surface area (Å²) in [7, 11) is 0. The van der Waals surface area contributed by atoms with Crippen LogP contribution < -0.4 is 0 Å². The normalized spacial score (nSPS) is 28.4. The zero-order valence-corrected chi connectivity index (χ0v) is 14.3. The number of ketones is 2. The molecule has 0 saturated carbocycles. The lowest BCUT2D eigenvalue weighted by Gasteiger charge is -2.44. The highest BCUT2D eigenvalue weighted by Gasteiger charge is 2.55. The van der Waals surface area contributed by atoms with Gasteiger partial charge < -0.3 is 9.53 Å². The van der Waals surface area contributed by atoms with Gasteiger partial charge in [-0.05, 0) is 37.5 Å². The van der Waals surface area contributed by atoms with Crippen LogP contribution in [-0.4, -0.2) is 24.5 Å². The zero-order valence-electron chi connectivity index (χ0n) is 14.3. The van der Waals surface area contributed by atoms with E-state index >= 15 is 0 Å². The number of fused-ring (bicyclic) bond motifs is 1. The van der Waals surface area contributed by atoms with Gasteiger partial charge in [0.05, 0.1) is 6.61 Å². The van der Waals surface area contributed by atoms with Crippen molar-refractivity contribution in [2.24, 2.45) is 17.3 Å². The van der Waals surface area contributed by atoms with Crippen LogP contribution in [0.5, 0.6) is 0 Å². The van der Waals surface area contributed by atoms with Crippen molar-refractivity contribution in [1.82, 2.24) is 0 Å². The Hall–Kier alpha value is -2.33. The van der Waals surface area contributed by atoms with Crippen molar-refractivity contribution in [1.29, 1.82) is 0 Å². The molecule has 2 aliphatic carbocycles. The summed E-state index contributed by atoms with van der Waals surface area (Å²) in [6.07, 6.45) is 6.26. The summed E-state index contributed by atoms with van der Waals surface area (Å²) < 4.78 is 5.74. The number of hydrogen-bond donors (Lipinski definition) is 0. The van der Waals surface area contributed by atoms with E-state index in [1.54, 1.807) is 0 Å². The second-order valence-electron chi connectivity index (χ2n) is 6.77. The van der Waals surface area contributed by atoms with Crippen molar-refractivity contribution in [3.05, 3.63) is 59.7 Å². The molecular weight excluding hydrogens is 316 g/mol. The minimum atomic E-state index is -1.26. The average molecular weight is 338 g/mol. The Morgan fingerprint density at radius 1 is 1.20 bits per heavy atom. The third-order valence-corrected chi connectivity index (χ3v) is 5.40. The molecule has 0 saturated heterocycles. The van der Waals surface area contributed by atoms with E-state index in [-0.39, 0.29) is 17.5 Å². The smallest absolute Gasteiger partial charge is 0.170 e. The molecule has 0 radical (unpaired) electrons. The first kappa shape index (κ1) is 17.5. The minimum absolute atomic E-state index is 0.134. The van der Waals surface area contributed by atoms with E-state index < -0.39 is 11.3 Å². The third-order valence-electron chi connectivity index (χ3n) is 5.40. The monoisotopic (exact) mass is 338 g/mol. The average Bonchev–Trinajstić information content (AvgIpc) is 2.63. The number of ether oxygens (including phenoxy) is 1. The molecule has 25 heavy (non-hydrogen) atoms. The van der Waals surface area contributed by atoms with Gasteiger partial charge in [0, 0.05) is 18.4 Å². The van der Waals surface area contributed by atoms with Crippen molar-refractivity contribution < 1.29 is 19.1 Å². The molecule has 1 aromatic rings. The van der Waals surface area contributed by atoms with Gasteiger partial charge in [-0.1, -0.05) is 42.0 Å². The van der Waals surface area contributed by atoms with Crippen LogP contribution in [0.15, 0.2) is 54.1 Å². The van der Waals surface area contributed by atoms with Crippen molar-refractivity contribution in [3.8, 4) is 0 Å². The fraction of sp³-hybridized carbons (Fsp3) is 0.381. The van der Waals surface area contributed by atoms with Crippen LogP contribution in [0, 0.1) is 17.3 Å². The molecule has 4 heteroatoms. The standard InChI is InChI=1S/C21H22O4/c1-15-7-8-18-19(23)9-10-20(24)21(18,14-22)17(15)11-12-25-13-16-5-3-2-4-6-16/h2-7,9-10,14,17-18H,8,11-13H2,1H3/t17-,18-,21-/m1/s1. The highest BCUT2D eigenvalue weighted by molar-refractivity contribution is 6.16. The van der Waals surface area contributed by atoms with Gasteiger partial charge in [-0.15, -0.1) is 0 Å². The Morgan fingerprint density at radius 2 is 1.96 bits per heavy atom. The lowest BCUT2D eigenvalue weighted by molar-refractivity contribution is -0.146. The van der Waals surface area contributed by atoms with E-state index in [9.17, 15) is 14.4 Å². The largest absolute Gasteiger partial charge is 0.377 e. The topological polar surface area (TPSA) is 60.4 Å². The first-order valence-electron chi connectivity index (χ1n) is 8.60. The Labute approximate surface area is 147 Å². The molecule has 0 spiro atoms. The molecule has 0 amide bonds. The molecule has 0 bridgehead atoms. The second kappa shape index (κ2) is 7.28. The predicted molar refractivity (Wildman–Crippen MR) is 93.7 cm³/mol. The molecule has 0 unspecified atom stereocenters. The van der Waals surface area contributed by atoms with Crippen molar-refractivity contribution in [2.45, 2.75) is 26.4 Å². The molecule has 0 heterocycles. The van der Waals surface area contributed by atoms with E-state index in [4.69, 9.17) is 4.74 Å². The van der Waals surface area contributed by atoms with Crippen LogP contribution in [0.25, 0.3) is 0 Å². The van der Waals surface area contributed by atoms with Crippen LogP contribution in [0.3, 0.4) is 0 Å². The van der Waals surface area contributed by atoms with Gasteiger partial charge in [-0.25, -0.2) is 0 Å². The van der Waals surface area contributed by atoms with Gasteiger partial charge in [0.25, 0.3) is 0 Å². The van der Waals surface area contributed by atoms with Crippen molar-refractivity contribution in [3.63, 3.8) is 0 Å². The molecular formula is C21H22O4. The molecule has 130 valence electrons. The van der Waals surface area contributed by atoms with Crippen LogP contribution >= 0.6 is 0 Å². The van der Waals surface area contributed by atoms with Gasteiger partial charge >= 0.3 is 0 Å². The maximum Gasteiger partial charge on any atom is 0.170 e. The van der Waals surface area contributed by atoms with E-state index in [0.717, 1.165) is 11.1 Å². The lowest BCUT2D eigenvalue weighted by atomic mass is 9.55. The molecule has 1 aromatic carbocycles. The highest BCUT2D eigenvalue weighted by Crippen LogP contribution is 2.49. The molecule has 0 N–H and O–H groups in total. The quantitative estimate of drug-likeness (QED) is 0.346. The fourth-order valence-electron chi connectivity index (χ4n) is 4.03. The first-order chi connectivity index (χ1) is 12.1. The fourth-order valence-corrected chi connectivity index (χ4v) is 4.03. The number of hydrogen-bond acceptors (Lipinski definition) is 4. The lowest BCUT2D eigenvalue weighted by Crippen LogP contribution is -2.52. The summed E-state index contributed by atoms with van der Waals surface area (Å²) in [6.45, 7) is 2.85. The van der Waals surface area contributed by atoms with Crippen molar-refractivity contribution in [2.75, 3.05) is 6.61 Å². The third kappa shape index (κ3) is 3.14. The maximum absolute atomic E-state index is 12.6. The van der Waals surface area contributed by atoms with Gasteiger partial charge in [0.1, 0.15) is 11.7 Å². The Kier molecular flexibility index (Phi) is 5.09. The van der Waals surface area contributed by atoms with Crippen LogP contribution in [0.1, 0.15) is 25.3 Å². The summed E-state index contributed by atoms with van der Waals surface area (Å²) in [4.78, 5) is 36.9. The number of benzene rings is 1. The van der Waals surface area contributed by atoms with E-state index in [1.807, 2.05) is 43.3 Å². The summed E-state index contributed by atoms with van der Waals surface area (Å²) >= 11 is 0. The molecule has 3 rings (SSSR count). The Balaban J connectivity index is 1.74. The Morgan fingerprint density at radius 3 is 2.68 bits per heavy atom. The van der Waals surface area contributed by atoms with Gasteiger partial charge in [0.2, 0.25) is 0 Å². The van der Waals surface area contributed by atoms with Crippen LogP contribution in [0.4, 0.5) is 0 Å². The SMILES string of the molecule is CC1=CC[C@@H]2C(=O)C=CC(=O)[C@]2(C=O)[C@@H]1CCOCc1ccccc1. The van der Waals surface area contributed by atoms with Gasteiger partial charge in [0.15, 0.2) is 11.6 Å². The summed E-state index contributed by atoms with van der Waals surface area (Å²) in [5.74, 6) is -1.26. The number of aldehydes is 1. The molecule has 0 fully saturated rings. The van der Waals surface area contributed by atoms with Crippen molar-refractivity contribution >= 4 is 17.9 Å². The first-order valence-corrected chi connectivity index (χ1v) is 8.60. The predicted octanol–water partition coefficient (Wildman–Crippen LogP) is 3.07. The number of rotatable bonds is 6. The van der Waals surface area contributed by atoms with Crippen LogP contribution in [-0.2, 0) is 25.7 Å². The molecule has 2 aliphatic rings. The van der Waals surface area contributed by atoms with Gasteiger partial charge in [-0.2, -0.15) is 0 Å². The van der Waals surface area contributed by atoms with E-state index in [0.29, 0.717) is 32.3 Å². The number of allylic oxidation sites excluding steroid dienone is 4. The highest BCUT2D eigenvalue weighted by atomic mass is 16.5. The number of carbonyl (C=O) groups is 3. The molecule has 0 aliphatic heterocycles. The summed E-state index contributed by atoms with van der Waals surface area (Å²) in [5, 5.41) is 0. The summed E-state index contributed by atoms with van der Waals surface area (Å²) in [6, 6.07) is 9.84. The number of carbonyl (C=O) groups excluding carboxylic acids is 3. The van der Waals surface area contributed by atoms with E-state index in [1.165, 1.54) is 12.2 Å². The zero-order chi connectivity index (χ0) is 17.9.